The van der Waals surface area contributed by atoms with Crippen molar-refractivity contribution in [2.45, 2.75) is 25.9 Å². The summed E-state index contributed by atoms with van der Waals surface area (Å²) in [5.74, 6) is -1.24. The number of ketones is 2. The molecule has 5 nitrogen and oxygen atoms in total. The van der Waals surface area contributed by atoms with Gasteiger partial charge in [-0.25, -0.2) is 0 Å². The fourth-order valence-corrected chi connectivity index (χ4v) is 2.35. The quantitative estimate of drug-likeness (QED) is 0.752. The summed E-state index contributed by atoms with van der Waals surface area (Å²) in [4.78, 5) is 23.3. The Morgan fingerprint density at radius 1 is 1.50 bits per heavy atom. The van der Waals surface area contributed by atoms with Crippen LogP contribution in [-0.2, 0) is 14.3 Å². The first-order chi connectivity index (χ1) is 8.40. The first-order valence-corrected chi connectivity index (χ1v) is 5.54. The molecule has 0 bridgehead atoms. The van der Waals surface area contributed by atoms with Crippen molar-refractivity contribution in [2.24, 2.45) is 5.92 Å². The molecule has 5 heteroatoms. The van der Waals surface area contributed by atoms with Crippen LogP contribution in [0.2, 0.25) is 0 Å². The van der Waals surface area contributed by atoms with Crippen molar-refractivity contribution in [3.63, 3.8) is 0 Å². The SMILES string of the molecule is CC1=C(C#N)C(=N)OC1(C)C1CC(=O)C=CC1=O. The minimum absolute atomic E-state index is 0.0508. The maximum absolute atomic E-state index is 11.9. The van der Waals surface area contributed by atoms with Gasteiger partial charge in [0.15, 0.2) is 11.6 Å². The number of rotatable bonds is 1. The van der Waals surface area contributed by atoms with Crippen molar-refractivity contribution in [3.8, 4) is 6.07 Å². The van der Waals surface area contributed by atoms with Gasteiger partial charge in [-0.05, 0) is 31.6 Å². The number of nitriles is 1. The molecule has 0 saturated carbocycles. The van der Waals surface area contributed by atoms with Gasteiger partial charge in [-0.1, -0.05) is 0 Å². The first kappa shape index (κ1) is 12.2. The second kappa shape index (κ2) is 3.91. The summed E-state index contributed by atoms with van der Waals surface area (Å²) in [6, 6.07) is 1.90. The van der Waals surface area contributed by atoms with E-state index < -0.39 is 11.5 Å². The zero-order valence-corrected chi connectivity index (χ0v) is 10.1. The number of hydrogen-bond donors (Lipinski definition) is 1. The maximum Gasteiger partial charge on any atom is 0.225 e. The van der Waals surface area contributed by atoms with Gasteiger partial charge in [-0.2, -0.15) is 5.26 Å². The molecule has 1 aliphatic heterocycles. The molecule has 0 aromatic carbocycles. The van der Waals surface area contributed by atoms with E-state index in [-0.39, 0.29) is 29.5 Å². The second-order valence-corrected chi connectivity index (χ2v) is 4.61. The highest BCUT2D eigenvalue weighted by Crippen LogP contribution is 2.41. The third kappa shape index (κ3) is 1.58. The molecule has 0 amide bonds. The summed E-state index contributed by atoms with van der Waals surface area (Å²) in [5.41, 5.74) is -0.386. The molecule has 0 spiro atoms. The predicted molar refractivity (Wildman–Crippen MR) is 62.8 cm³/mol. The smallest absolute Gasteiger partial charge is 0.225 e. The largest absolute Gasteiger partial charge is 0.465 e. The fraction of sp³-hybridized carbons (Fsp3) is 0.385. The minimum atomic E-state index is -1.07. The standard InChI is InChI=1S/C13H12N2O3/c1-7-9(6-14)12(15)18-13(7,2)10-5-8(16)3-4-11(10)17/h3-4,10,15H,5H2,1-2H3. The van der Waals surface area contributed by atoms with Crippen molar-refractivity contribution in [1.82, 2.24) is 0 Å². The molecular weight excluding hydrogens is 232 g/mol. The van der Waals surface area contributed by atoms with Crippen molar-refractivity contribution in [2.75, 3.05) is 0 Å². The van der Waals surface area contributed by atoms with E-state index in [2.05, 4.69) is 0 Å². The van der Waals surface area contributed by atoms with Crippen LogP contribution in [0.1, 0.15) is 20.3 Å². The van der Waals surface area contributed by atoms with E-state index in [1.807, 2.05) is 6.07 Å². The monoisotopic (exact) mass is 244 g/mol. The van der Waals surface area contributed by atoms with E-state index in [1.54, 1.807) is 13.8 Å². The third-order valence-electron chi connectivity index (χ3n) is 3.62. The summed E-state index contributed by atoms with van der Waals surface area (Å²) in [6.07, 6.45) is 2.55. The summed E-state index contributed by atoms with van der Waals surface area (Å²) in [5, 5.41) is 16.6. The lowest BCUT2D eigenvalue weighted by Gasteiger charge is -2.33. The highest BCUT2D eigenvalue weighted by Gasteiger charge is 2.49. The normalized spacial score (nSPS) is 31.6. The van der Waals surface area contributed by atoms with Crippen LogP contribution >= 0.6 is 0 Å². The number of carbonyl (C=O) groups excluding carboxylic acids is 2. The molecule has 1 N–H and O–H groups in total. The Bertz CT molecular complexity index is 565. The van der Waals surface area contributed by atoms with E-state index in [4.69, 9.17) is 15.4 Å². The molecule has 2 unspecified atom stereocenters. The topological polar surface area (TPSA) is 91.0 Å². The molecule has 0 saturated heterocycles. The third-order valence-corrected chi connectivity index (χ3v) is 3.62. The van der Waals surface area contributed by atoms with Gasteiger partial charge >= 0.3 is 0 Å². The van der Waals surface area contributed by atoms with Gasteiger partial charge in [-0.3, -0.25) is 15.0 Å². The molecule has 92 valence electrons. The van der Waals surface area contributed by atoms with Gasteiger partial charge in [0.1, 0.15) is 17.2 Å². The van der Waals surface area contributed by atoms with E-state index in [9.17, 15) is 9.59 Å². The van der Waals surface area contributed by atoms with Gasteiger partial charge in [-0.15, -0.1) is 0 Å². The van der Waals surface area contributed by atoms with E-state index in [1.165, 1.54) is 12.2 Å². The average Bonchev–Trinajstić information content (AvgIpc) is 2.54. The van der Waals surface area contributed by atoms with Gasteiger partial charge < -0.3 is 4.74 Å². The Balaban J connectivity index is 2.46. The number of carbonyl (C=O) groups is 2. The molecule has 2 rings (SSSR count). The van der Waals surface area contributed by atoms with Gasteiger partial charge in [0, 0.05) is 6.42 Å². The predicted octanol–water partition coefficient (Wildman–Crippen LogP) is 1.31. The lowest BCUT2D eigenvalue weighted by Crippen LogP contribution is -2.43. The number of nitrogens with zero attached hydrogens (tertiary/aromatic N) is 1. The Hall–Kier alpha value is -2.22. The number of allylic oxidation sites excluding steroid dienone is 2. The van der Waals surface area contributed by atoms with Crippen molar-refractivity contribution in [3.05, 3.63) is 23.3 Å². The minimum Gasteiger partial charge on any atom is -0.465 e. The van der Waals surface area contributed by atoms with Crippen LogP contribution in [0, 0.1) is 22.7 Å². The lowest BCUT2D eigenvalue weighted by molar-refractivity contribution is -0.130. The molecule has 2 atom stereocenters. The molecule has 0 fully saturated rings. The Kier molecular flexibility index (Phi) is 2.66. The summed E-state index contributed by atoms with van der Waals surface area (Å²) in [7, 11) is 0. The number of hydrogen-bond acceptors (Lipinski definition) is 5. The average molecular weight is 244 g/mol. The lowest BCUT2D eigenvalue weighted by atomic mass is 9.75. The molecule has 0 aromatic heterocycles. The van der Waals surface area contributed by atoms with E-state index in [0.29, 0.717) is 5.57 Å². The molecule has 2 aliphatic rings. The zero-order chi connectivity index (χ0) is 13.5. The molecule has 1 aliphatic carbocycles. The van der Waals surface area contributed by atoms with Gasteiger partial charge in [0.2, 0.25) is 5.90 Å². The highest BCUT2D eigenvalue weighted by atomic mass is 16.5. The Morgan fingerprint density at radius 3 is 2.72 bits per heavy atom. The van der Waals surface area contributed by atoms with Gasteiger partial charge in [0.05, 0.1) is 5.92 Å². The Labute approximate surface area is 104 Å². The van der Waals surface area contributed by atoms with Crippen LogP contribution < -0.4 is 0 Å². The summed E-state index contributed by atoms with van der Waals surface area (Å²) >= 11 is 0. The fourth-order valence-electron chi connectivity index (χ4n) is 2.35. The Morgan fingerprint density at radius 2 is 2.17 bits per heavy atom. The van der Waals surface area contributed by atoms with Crippen LogP contribution in [0.3, 0.4) is 0 Å². The molecule has 0 radical (unpaired) electrons. The van der Waals surface area contributed by atoms with Crippen molar-refractivity contribution < 1.29 is 14.3 Å². The van der Waals surface area contributed by atoms with Crippen LogP contribution in [0.5, 0.6) is 0 Å². The van der Waals surface area contributed by atoms with E-state index >= 15 is 0 Å². The first-order valence-electron chi connectivity index (χ1n) is 5.54. The van der Waals surface area contributed by atoms with Crippen LogP contribution in [0.4, 0.5) is 0 Å². The summed E-state index contributed by atoms with van der Waals surface area (Å²) in [6.45, 7) is 3.31. The molecule has 0 aromatic rings. The molecule has 1 heterocycles. The van der Waals surface area contributed by atoms with Crippen LogP contribution in [-0.4, -0.2) is 23.1 Å². The zero-order valence-electron chi connectivity index (χ0n) is 10.1. The second-order valence-electron chi connectivity index (χ2n) is 4.61. The summed E-state index contributed by atoms with van der Waals surface area (Å²) < 4.78 is 5.40. The number of nitrogens with one attached hydrogen (secondary N) is 1. The van der Waals surface area contributed by atoms with Gasteiger partial charge in [0.25, 0.3) is 0 Å². The number of ether oxygens (including phenoxy) is 1. The maximum atomic E-state index is 11.9. The van der Waals surface area contributed by atoms with Crippen LogP contribution in [0.15, 0.2) is 23.3 Å². The van der Waals surface area contributed by atoms with Crippen molar-refractivity contribution in [1.29, 1.82) is 10.7 Å². The van der Waals surface area contributed by atoms with Crippen LogP contribution in [0.25, 0.3) is 0 Å². The highest BCUT2D eigenvalue weighted by molar-refractivity contribution is 6.08. The van der Waals surface area contributed by atoms with Crippen molar-refractivity contribution >= 4 is 17.5 Å². The molecular formula is C13H12N2O3. The van der Waals surface area contributed by atoms with E-state index in [0.717, 1.165) is 0 Å². The molecule has 18 heavy (non-hydrogen) atoms.